The van der Waals surface area contributed by atoms with Crippen LogP contribution in [0.25, 0.3) is 10.9 Å². The van der Waals surface area contributed by atoms with Crippen molar-refractivity contribution in [1.82, 2.24) is 13.8 Å². The number of carbonyl (C=O) groups is 1. The van der Waals surface area contributed by atoms with Gasteiger partial charge in [0.15, 0.2) is 0 Å². The van der Waals surface area contributed by atoms with Crippen LogP contribution in [0.1, 0.15) is 41.4 Å². The van der Waals surface area contributed by atoms with Crippen LogP contribution in [0.5, 0.6) is 0 Å². The van der Waals surface area contributed by atoms with Gasteiger partial charge in [-0.25, -0.2) is 12.4 Å². The molecular weight excluding hydrogens is 442 g/mol. The molecule has 32 heavy (non-hydrogen) atoms. The minimum atomic E-state index is -3.99. The molecule has 4 rings (SSSR count). The summed E-state index contributed by atoms with van der Waals surface area (Å²) < 4.78 is 28.7. The maximum atomic E-state index is 13.8. The lowest BCUT2D eigenvalue weighted by atomic mass is 10.0. The third-order valence-electron chi connectivity index (χ3n) is 6.01. The van der Waals surface area contributed by atoms with Gasteiger partial charge in [0, 0.05) is 36.9 Å². The fourth-order valence-corrected chi connectivity index (χ4v) is 5.64. The number of likely N-dealkylation sites (N-methyl/N-ethyl adjacent to an activating group) is 1. The van der Waals surface area contributed by atoms with E-state index in [2.05, 4.69) is 18.7 Å². The molecule has 1 amide bonds. The van der Waals surface area contributed by atoms with Crippen molar-refractivity contribution in [3.05, 3.63) is 65.4 Å². The molecule has 1 fully saturated rings. The molecule has 0 unspecified atom stereocenters. The van der Waals surface area contributed by atoms with Gasteiger partial charge in [-0.2, -0.15) is 0 Å². The Labute approximate surface area is 194 Å². The first-order chi connectivity index (χ1) is 15.2. The summed E-state index contributed by atoms with van der Waals surface area (Å²) in [6, 6.07) is 13.9. The summed E-state index contributed by atoms with van der Waals surface area (Å²) in [7, 11) is -1.98. The van der Waals surface area contributed by atoms with E-state index in [1.165, 1.54) is 9.34 Å². The molecule has 0 N–H and O–H groups in total. The Balaban J connectivity index is 1.87. The SMILES string of the molecule is CC(C)c1ccc(S(=O)(=O)n2c(C(=O)N3CCN(C)CC3)cc3cc(C=S)ccc32)cc1. The van der Waals surface area contributed by atoms with Crippen LogP contribution in [-0.2, 0) is 10.0 Å². The minimum Gasteiger partial charge on any atom is -0.335 e. The molecule has 1 aliphatic rings. The number of fused-ring (bicyclic) bond motifs is 1. The molecule has 0 aliphatic carbocycles. The Morgan fingerprint density at radius 3 is 2.25 bits per heavy atom. The average Bonchev–Trinajstić information content (AvgIpc) is 3.18. The number of nitrogens with zero attached hydrogens (tertiary/aromatic N) is 3. The highest BCUT2D eigenvalue weighted by molar-refractivity contribution is 7.90. The minimum absolute atomic E-state index is 0.152. The number of hydrogen-bond acceptors (Lipinski definition) is 5. The summed E-state index contributed by atoms with van der Waals surface area (Å²) in [6.45, 7) is 6.75. The van der Waals surface area contributed by atoms with Gasteiger partial charge in [-0.3, -0.25) is 4.79 Å². The summed E-state index contributed by atoms with van der Waals surface area (Å²) in [6.07, 6.45) is 0. The number of piperazine rings is 1. The summed E-state index contributed by atoms with van der Waals surface area (Å²) in [5.41, 5.74) is 2.47. The number of carbonyl (C=O) groups excluding carboxylic acids is 1. The van der Waals surface area contributed by atoms with Crippen molar-refractivity contribution in [2.24, 2.45) is 0 Å². The Hall–Kier alpha value is -2.55. The van der Waals surface area contributed by atoms with Crippen LogP contribution in [-0.4, -0.2) is 66.7 Å². The smallest absolute Gasteiger partial charge is 0.271 e. The van der Waals surface area contributed by atoms with E-state index >= 15 is 0 Å². The van der Waals surface area contributed by atoms with Crippen molar-refractivity contribution >= 4 is 44.4 Å². The maximum Gasteiger partial charge on any atom is 0.271 e. The fraction of sp³-hybridized carbons (Fsp3) is 0.333. The number of aromatic nitrogens is 1. The van der Waals surface area contributed by atoms with E-state index in [0.29, 0.717) is 29.9 Å². The van der Waals surface area contributed by atoms with Crippen LogP contribution in [0.3, 0.4) is 0 Å². The molecule has 8 heteroatoms. The van der Waals surface area contributed by atoms with Crippen LogP contribution in [0, 0.1) is 0 Å². The lowest BCUT2D eigenvalue weighted by Gasteiger charge is -2.32. The largest absolute Gasteiger partial charge is 0.335 e. The Morgan fingerprint density at radius 2 is 1.66 bits per heavy atom. The highest BCUT2D eigenvalue weighted by Gasteiger charge is 2.30. The van der Waals surface area contributed by atoms with E-state index in [1.54, 1.807) is 35.2 Å². The van der Waals surface area contributed by atoms with Crippen LogP contribution >= 0.6 is 12.2 Å². The van der Waals surface area contributed by atoms with E-state index in [1.807, 2.05) is 25.2 Å². The molecule has 3 aromatic rings. The van der Waals surface area contributed by atoms with E-state index in [9.17, 15) is 13.2 Å². The summed E-state index contributed by atoms with van der Waals surface area (Å²) >= 11 is 5.04. The van der Waals surface area contributed by atoms with Gasteiger partial charge < -0.3 is 9.80 Å². The number of benzene rings is 2. The molecule has 2 heterocycles. The third-order valence-corrected chi connectivity index (χ3v) is 8.03. The summed E-state index contributed by atoms with van der Waals surface area (Å²) in [5, 5.41) is 2.21. The molecular formula is C24H27N3O3S2. The Morgan fingerprint density at radius 1 is 1.00 bits per heavy atom. The topological polar surface area (TPSA) is 62.6 Å². The molecule has 1 saturated heterocycles. The van der Waals surface area contributed by atoms with Crippen LogP contribution in [0.4, 0.5) is 0 Å². The van der Waals surface area contributed by atoms with Crippen LogP contribution < -0.4 is 0 Å². The predicted molar refractivity (Wildman–Crippen MR) is 131 cm³/mol. The zero-order valence-electron chi connectivity index (χ0n) is 18.5. The second-order valence-electron chi connectivity index (χ2n) is 8.55. The van der Waals surface area contributed by atoms with Gasteiger partial charge in [0.1, 0.15) is 5.69 Å². The first-order valence-electron chi connectivity index (χ1n) is 10.7. The number of thiocarbonyl (C=S) groups is 1. The fourth-order valence-electron chi connectivity index (χ4n) is 3.99. The van der Waals surface area contributed by atoms with Crippen LogP contribution in [0.2, 0.25) is 0 Å². The lowest BCUT2D eigenvalue weighted by molar-refractivity contribution is 0.0657. The Kier molecular flexibility index (Phi) is 6.20. The van der Waals surface area contributed by atoms with Crippen molar-refractivity contribution in [2.45, 2.75) is 24.7 Å². The molecule has 1 aliphatic heterocycles. The monoisotopic (exact) mass is 469 g/mol. The van der Waals surface area contributed by atoms with Gasteiger partial charge >= 0.3 is 0 Å². The zero-order valence-corrected chi connectivity index (χ0v) is 20.1. The highest BCUT2D eigenvalue weighted by Crippen LogP contribution is 2.28. The molecule has 0 radical (unpaired) electrons. The number of rotatable bonds is 5. The van der Waals surface area contributed by atoms with Crippen molar-refractivity contribution < 1.29 is 13.2 Å². The van der Waals surface area contributed by atoms with Gasteiger partial charge in [-0.1, -0.05) is 44.3 Å². The highest BCUT2D eigenvalue weighted by atomic mass is 32.2. The molecule has 2 aromatic carbocycles. The second-order valence-corrected chi connectivity index (χ2v) is 10.6. The van der Waals surface area contributed by atoms with Gasteiger partial charge in [0.05, 0.1) is 10.4 Å². The van der Waals surface area contributed by atoms with Gasteiger partial charge in [0.2, 0.25) is 0 Å². The molecule has 0 spiro atoms. The van der Waals surface area contributed by atoms with E-state index in [4.69, 9.17) is 12.2 Å². The van der Waals surface area contributed by atoms with E-state index < -0.39 is 10.0 Å². The first kappa shape index (κ1) is 22.6. The van der Waals surface area contributed by atoms with E-state index in [0.717, 1.165) is 24.2 Å². The lowest BCUT2D eigenvalue weighted by Crippen LogP contribution is -2.47. The van der Waals surface area contributed by atoms with Crippen molar-refractivity contribution in [3.63, 3.8) is 0 Å². The number of hydrogen-bond donors (Lipinski definition) is 0. The second kappa shape index (κ2) is 8.77. The molecule has 0 atom stereocenters. The molecule has 0 saturated carbocycles. The van der Waals surface area contributed by atoms with Gasteiger partial charge in [0.25, 0.3) is 15.9 Å². The van der Waals surface area contributed by atoms with Crippen LogP contribution in [0.15, 0.2) is 53.4 Å². The van der Waals surface area contributed by atoms with E-state index in [-0.39, 0.29) is 16.5 Å². The standard InChI is InChI=1S/C24H27N3O3S2/c1-17(2)19-5-7-21(8-6-19)32(29,30)27-22-9-4-18(16-31)14-20(22)15-23(27)24(28)26-12-10-25(3)11-13-26/h4-9,14-17H,10-13H2,1-3H3. The molecule has 1 aromatic heterocycles. The quantitative estimate of drug-likeness (QED) is 0.533. The number of amides is 1. The predicted octanol–water partition coefficient (Wildman–Crippen LogP) is 3.74. The molecule has 168 valence electrons. The first-order valence-corrected chi connectivity index (χ1v) is 12.6. The van der Waals surface area contributed by atoms with Crippen molar-refractivity contribution in [3.8, 4) is 0 Å². The summed E-state index contributed by atoms with van der Waals surface area (Å²) in [4.78, 5) is 17.5. The normalized spacial score (nSPS) is 15.4. The van der Waals surface area contributed by atoms with Gasteiger partial charge in [-0.15, -0.1) is 0 Å². The summed E-state index contributed by atoms with van der Waals surface area (Å²) in [5.74, 6) is 0.0159. The zero-order chi connectivity index (χ0) is 23.0. The molecule has 0 bridgehead atoms. The maximum absolute atomic E-state index is 13.8. The Bertz CT molecular complexity index is 1270. The van der Waals surface area contributed by atoms with Crippen molar-refractivity contribution in [1.29, 1.82) is 0 Å². The average molecular weight is 470 g/mol. The van der Waals surface area contributed by atoms with Crippen molar-refractivity contribution in [2.75, 3.05) is 33.2 Å². The van der Waals surface area contributed by atoms with Gasteiger partial charge in [-0.05, 0) is 54.4 Å². The molecule has 6 nitrogen and oxygen atoms in total. The third kappa shape index (κ3) is 4.10.